The van der Waals surface area contributed by atoms with Gasteiger partial charge in [0.1, 0.15) is 5.82 Å². The van der Waals surface area contributed by atoms with Crippen LogP contribution in [0.4, 0.5) is 4.39 Å². The van der Waals surface area contributed by atoms with Crippen molar-refractivity contribution in [1.82, 2.24) is 10.2 Å². The van der Waals surface area contributed by atoms with Crippen LogP contribution >= 0.6 is 0 Å². The van der Waals surface area contributed by atoms with Crippen LogP contribution in [0.5, 0.6) is 0 Å². The van der Waals surface area contributed by atoms with E-state index in [-0.39, 0.29) is 5.82 Å². The minimum atomic E-state index is -0.105. The van der Waals surface area contributed by atoms with Gasteiger partial charge in [-0.25, -0.2) is 4.39 Å². The molecule has 1 N–H and O–H groups in total. The van der Waals surface area contributed by atoms with Crippen molar-refractivity contribution in [3.8, 4) is 6.07 Å². The number of halogens is 1. The number of benzene rings is 2. The molecule has 3 rings (SSSR count). The molecule has 1 aliphatic heterocycles. The van der Waals surface area contributed by atoms with E-state index in [4.69, 9.17) is 5.26 Å². The summed E-state index contributed by atoms with van der Waals surface area (Å²) in [5.41, 5.74) is 3.81. The maximum atomic E-state index is 14.1. The molecule has 136 valence electrons. The SMILES string of the molecule is CCc1cccc(F)c1CNC1CCN(Cc2cccc(C#N)c2)CC1. The molecular weight excluding hydrogens is 325 g/mol. The summed E-state index contributed by atoms with van der Waals surface area (Å²) in [6, 6.07) is 15.8. The highest BCUT2D eigenvalue weighted by molar-refractivity contribution is 5.32. The Balaban J connectivity index is 1.49. The van der Waals surface area contributed by atoms with E-state index in [1.807, 2.05) is 24.3 Å². The molecule has 0 bridgehead atoms. The molecule has 0 saturated carbocycles. The Morgan fingerprint density at radius 2 is 1.96 bits per heavy atom. The van der Waals surface area contributed by atoms with Gasteiger partial charge in [-0.15, -0.1) is 0 Å². The molecule has 0 atom stereocenters. The van der Waals surface area contributed by atoms with Gasteiger partial charge in [0, 0.05) is 24.7 Å². The van der Waals surface area contributed by atoms with Crippen LogP contribution in [-0.4, -0.2) is 24.0 Å². The fourth-order valence-corrected chi connectivity index (χ4v) is 3.67. The van der Waals surface area contributed by atoms with Crippen molar-refractivity contribution < 1.29 is 4.39 Å². The highest BCUT2D eigenvalue weighted by Gasteiger charge is 2.19. The molecule has 0 spiro atoms. The highest BCUT2D eigenvalue weighted by atomic mass is 19.1. The van der Waals surface area contributed by atoms with Crippen molar-refractivity contribution >= 4 is 0 Å². The van der Waals surface area contributed by atoms with Gasteiger partial charge in [0.2, 0.25) is 0 Å². The highest BCUT2D eigenvalue weighted by Crippen LogP contribution is 2.18. The van der Waals surface area contributed by atoms with E-state index in [9.17, 15) is 4.39 Å². The monoisotopic (exact) mass is 351 g/mol. The van der Waals surface area contributed by atoms with Crippen LogP contribution in [0.3, 0.4) is 0 Å². The minimum Gasteiger partial charge on any atom is -0.310 e. The van der Waals surface area contributed by atoms with E-state index in [1.165, 1.54) is 5.56 Å². The molecule has 1 heterocycles. The van der Waals surface area contributed by atoms with E-state index in [2.05, 4.69) is 29.3 Å². The number of nitriles is 1. The van der Waals surface area contributed by atoms with Crippen LogP contribution in [0.2, 0.25) is 0 Å². The van der Waals surface area contributed by atoms with Crippen LogP contribution in [-0.2, 0) is 19.5 Å². The first-order valence-electron chi connectivity index (χ1n) is 9.40. The topological polar surface area (TPSA) is 39.1 Å². The Kier molecular flexibility index (Phi) is 6.38. The van der Waals surface area contributed by atoms with Crippen molar-refractivity contribution in [3.63, 3.8) is 0 Å². The predicted molar refractivity (Wildman–Crippen MR) is 102 cm³/mol. The van der Waals surface area contributed by atoms with Crippen LogP contribution in [0.15, 0.2) is 42.5 Å². The quantitative estimate of drug-likeness (QED) is 0.854. The third kappa shape index (κ3) is 4.69. The molecule has 2 aromatic rings. The van der Waals surface area contributed by atoms with Gasteiger partial charge < -0.3 is 5.32 Å². The van der Waals surface area contributed by atoms with E-state index in [0.29, 0.717) is 12.6 Å². The number of hydrogen-bond acceptors (Lipinski definition) is 3. The van der Waals surface area contributed by atoms with Gasteiger partial charge >= 0.3 is 0 Å². The second kappa shape index (κ2) is 8.93. The third-order valence-corrected chi connectivity index (χ3v) is 5.21. The number of rotatable bonds is 6. The van der Waals surface area contributed by atoms with Gasteiger partial charge in [-0.1, -0.05) is 31.2 Å². The molecule has 0 radical (unpaired) electrons. The van der Waals surface area contributed by atoms with E-state index in [0.717, 1.165) is 55.6 Å². The second-order valence-electron chi connectivity index (χ2n) is 6.97. The largest absolute Gasteiger partial charge is 0.310 e. The van der Waals surface area contributed by atoms with Gasteiger partial charge in [-0.2, -0.15) is 5.26 Å². The molecule has 0 unspecified atom stereocenters. The first-order valence-corrected chi connectivity index (χ1v) is 9.40. The lowest BCUT2D eigenvalue weighted by Gasteiger charge is -2.32. The first-order chi connectivity index (χ1) is 12.7. The predicted octanol–water partition coefficient (Wildman–Crippen LogP) is 4.01. The molecule has 1 fully saturated rings. The summed E-state index contributed by atoms with van der Waals surface area (Å²) in [4.78, 5) is 2.43. The molecule has 4 heteroatoms. The number of nitrogens with zero attached hydrogens (tertiary/aromatic N) is 2. The zero-order valence-electron chi connectivity index (χ0n) is 15.3. The summed E-state index contributed by atoms with van der Waals surface area (Å²) in [5, 5.41) is 12.6. The Labute approximate surface area is 155 Å². The zero-order chi connectivity index (χ0) is 18.4. The number of likely N-dealkylation sites (tertiary alicyclic amines) is 1. The molecule has 26 heavy (non-hydrogen) atoms. The van der Waals surface area contributed by atoms with Crippen molar-refractivity contribution in [2.24, 2.45) is 0 Å². The summed E-state index contributed by atoms with van der Waals surface area (Å²) in [7, 11) is 0. The van der Waals surface area contributed by atoms with Crippen molar-refractivity contribution in [2.75, 3.05) is 13.1 Å². The van der Waals surface area contributed by atoms with E-state index < -0.39 is 0 Å². The second-order valence-corrected chi connectivity index (χ2v) is 6.97. The molecular formula is C22H26FN3. The van der Waals surface area contributed by atoms with Gasteiger partial charge in [-0.3, -0.25) is 4.90 Å². The molecule has 0 aliphatic carbocycles. The lowest BCUT2D eigenvalue weighted by molar-refractivity contribution is 0.190. The van der Waals surface area contributed by atoms with Crippen LogP contribution in [0.25, 0.3) is 0 Å². The van der Waals surface area contributed by atoms with Gasteiger partial charge in [-0.05, 0) is 61.7 Å². The Hall–Kier alpha value is -2.22. The summed E-state index contributed by atoms with van der Waals surface area (Å²) < 4.78 is 14.1. The molecule has 1 saturated heterocycles. The molecule has 3 nitrogen and oxygen atoms in total. The number of aryl methyl sites for hydroxylation is 1. The first kappa shape index (κ1) is 18.6. The standard InChI is InChI=1S/C22H26FN3/c1-2-19-7-4-8-22(23)21(19)15-25-20-9-11-26(12-10-20)16-18-6-3-5-17(13-18)14-24/h3-8,13,20,25H,2,9-12,15-16H2,1H3. The fourth-order valence-electron chi connectivity index (χ4n) is 3.67. The number of nitrogens with one attached hydrogen (secondary N) is 1. The maximum Gasteiger partial charge on any atom is 0.127 e. The average molecular weight is 351 g/mol. The van der Waals surface area contributed by atoms with Crippen LogP contribution in [0, 0.1) is 17.1 Å². The average Bonchev–Trinajstić information content (AvgIpc) is 2.68. The fraction of sp³-hybridized carbons (Fsp3) is 0.409. The van der Waals surface area contributed by atoms with Crippen molar-refractivity contribution in [3.05, 3.63) is 70.5 Å². The van der Waals surface area contributed by atoms with Crippen LogP contribution < -0.4 is 5.32 Å². The number of hydrogen-bond donors (Lipinski definition) is 1. The molecule has 2 aromatic carbocycles. The van der Waals surface area contributed by atoms with Gasteiger partial charge in [0.05, 0.1) is 11.6 Å². The van der Waals surface area contributed by atoms with Gasteiger partial charge in [0.25, 0.3) is 0 Å². The summed E-state index contributed by atoms with van der Waals surface area (Å²) in [6.45, 7) is 5.59. The number of piperidine rings is 1. The lowest BCUT2D eigenvalue weighted by atomic mass is 10.0. The lowest BCUT2D eigenvalue weighted by Crippen LogP contribution is -2.42. The van der Waals surface area contributed by atoms with Crippen molar-refractivity contribution in [2.45, 2.75) is 45.3 Å². The smallest absolute Gasteiger partial charge is 0.127 e. The third-order valence-electron chi connectivity index (χ3n) is 5.21. The normalized spacial score (nSPS) is 15.7. The van der Waals surface area contributed by atoms with E-state index >= 15 is 0 Å². The van der Waals surface area contributed by atoms with E-state index in [1.54, 1.807) is 12.1 Å². The Bertz CT molecular complexity index is 773. The minimum absolute atomic E-state index is 0.105. The maximum absolute atomic E-state index is 14.1. The Morgan fingerprint density at radius 1 is 1.19 bits per heavy atom. The summed E-state index contributed by atoms with van der Waals surface area (Å²) in [5.74, 6) is -0.105. The van der Waals surface area contributed by atoms with Crippen molar-refractivity contribution in [1.29, 1.82) is 5.26 Å². The molecule has 0 amide bonds. The Morgan fingerprint density at radius 3 is 2.69 bits per heavy atom. The molecule has 1 aliphatic rings. The van der Waals surface area contributed by atoms with Crippen LogP contribution in [0.1, 0.15) is 42.0 Å². The summed E-state index contributed by atoms with van der Waals surface area (Å²) >= 11 is 0. The van der Waals surface area contributed by atoms with Gasteiger partial charge in [0.15, 0.2) is 0 Å². The summed E-state index contributed by atoms with van der Waals surface area (Å²) in [6.07, 6.45) is 2.98. The molecule has 0 aromatic heterocycles. The zero-order valence-corrected chi connectivity index (χ0v) is 15.3.